The summed E-state index contributed by atoms with van der Waals surface area (Å²) in [6.07, 6.45) is 0. The molecule has 0 radical (unpaired) electrons. The first-order valence-electron chi connectivity index (χ1n) is 5.82. The van der Waals surface area contributed by atoms with Gasteiger partial charge in [0.05, 0.1) is 13.1 Å². The number of carbonyl (C=O) groups excluding carboxylic acids is 2. The van der Waals surface area contributed by atoms with Gasteiger partial charge in [-0.1, -0.05) is 18.2 Å². The van der Waals surface area contributed by atoms with Gasteiger partial charge in [0.15, 0.2) is 0 Å². The number of hydrogen-bond acceptors (Lipinski definition) is 3. The molecule has 0 aliphatic heterocycles. The Morgan fingerprint density at radius 1 is 1.06 bits per heavy atom. The summed E-state index contributed by atoms with van der Waals surface area (Å²) in [5, 5.41) is 8.08. The summed E-state index contributed by atoms with van der Waals surface area (Å²) in [6, 6.07) is 5.84. The fraction of sp³-hybridized carbons (Fsp3) is 0.385. The van der Waals surface area contributed by atoms with E-state index in [1.807, 2.05) is 32.0 Å². The molecule has 0 fully saturated rings. The minimum Gasteiger partial charge on any atom is -0.358 e. The minimum absolute atomic E-state index is 0.112. The van der Waals surface area contributed by atoms with E-state index in [0.717, 1.165) is 16.8 Å². The topological polar surface area (TPSA) is 70.2 Å². The second-order valence-corrected chi connectivity index (χ2v) is 4.09. The van der Waals surface area contributed by atoms with Gasteiger partial charge in [0.1, 0.15) is 0 Å². The van der Waals surface area contributed by atoms with Gasteiger partial charge in [-0.2, -0.15) is 0 Å². The number of anilines is 1. The van der Waals surface area contributed by atoms with Gasteiger partial charge in [0.25, 0.3) is 0 Å². The van der Waals surface area contributed by atoms with E-state index in [4.69, 9.17) is 0 Å². The van der Waals surface area contributed by atoms with E-state index in [0.29, 0.717) is 0 Å². The predicted molar refractivity (Wildman–Crippen MR) is 71.5 cm³/mol. The third kappa shape index (κ3) is 4.18. The van der Waals surface area contributed by atoms with Crippen LogP contribution in [0.4, 0.5) is 5.69 Å². The molecule has 0 atom stereocenters. The van der Waals surface area contributed by atoms with Gasteiger partial charge in [-0.15, -0.1) is 0 Å². The van der Waals surface area contributed by atoms with Crippen LogP contribution in [0.15, 0.2) is 18.2 Å². The molecule has 0 bridgehead atoms. The van der Waals surface area contributed by atoms with Crippen molar-refractivity contribution in [1.82, 2.24) is 10.6 Å². The Morgan fingerprint density at radius 3 is 2.17 bits per heavy atom. The molecule has 0 aromatic heterocycles. The van der Waals surface area contributed by atoms with E-state index >= 15 is 0 Å². The monoisotopic (exact) mass is 249 g/mol. The van der Waals surface area contributed by atoms with Crippen LogP contribution in [0.5, 0.6) is 0 Å². The summed E-state index contributed by atoms with van der Waals surface area (Å²) < 4.78 is 0. The highest BCUT2D eigenvalue weighted by Crippen LogP contribution is 2.18. The van der Waals surface area contributed by atoms with E-state index in [-0.39, 0.29) is 24.9 Å². The Hall–Kier alpha value is -1.88. The number of hydrogen-bond donors (Lipinski definition) is 3. The van der Waals surface area contributed by atoms with Crippen LogP contribution in [0.1, 0.15) is 11.1 Å². The van der Waals surface area contributed by atoms with Gasteiger partial charge >= 0.3 is 0 Å². The molecule has 2 amide bonds. The normalized spacial score (nSPS) is 9.94. The van der Waals surface area contributed by atoms with E-state index in [1.54, 1.807) is 7.05 Å². The zero-order chi connectivity index (χ0) is 13.5. The molecule has 5 heteroatoms. The molecule has 98 valence electrons. The fourth-order valence-electron chi connectivity index (χ4n) is 1.57. The van der Waals surface area contributed by atoms with Gasteiger partial charge in [-0.05, 0) is 25.0 Å². The zero-order valence-electron chi connectivity index (χ0n) is 11.0. The van der Waals surface area contributed by atoms with Crippen molar-refractivity contribution in [2.45, 2.75) is 13.8 Å². The van der Waals surface area contributed by atoms with E-state index in [2.05, 4.69) is 16.0 Å². The van der Waals surface area contributed by atoms with Gasteiger partial charge in [0.2, 0.25) is 11.8 Å². The number of nitrogens with one attached hydrogen (secondary N) is 3. The van der Waals surface area contributed by atoms with Crippen LogP contribution in [-0.2, 0) is 9.59 Å². The van der Waals surface area contributed by atoms with Crippen LogP contribution in [-0.4, -0.2) is 32.0 Å². The Kier molecular flexibility index (Phi) is 5.32. The molecule has 1 aromatic rings. The fourth-order valence-corrected chi connectivity index (χ4v) is 1.57. The molecule has 3 N–H and O–H groups in total. The average molecular weight is 249 g/mol. The Morgan fingerprint density at radius 2 is 1.61 bits per heavy atom. The van der Waals surface area contributed by atoms with Crippen LogP contribution in [0.3, 0.4) is 0 Å². The molecule has 1 rings (SSSR count). The molecule has 0 saturated carbocycles. The van der Waals surface area contributed by atoms with Crippen molar-refractivity contribution in [3.8, 4) is 0 Å². The highest BCUT2D eigenvalue weighted by molar-refractivity contribution is 5.94. The van der Waals surface area contributed by atoms with Crippen molar-refractivity contribution in [3.63, 3.8) is 0 Å². The number of likely N-dealkylation sites (N-methyl/N-ethyl adjacent to an activating group) is 1. The van der Waals surface area contributed by atoms with Crippen molar-refractivity contribution < 1.29 is 9.59 Å². The molecule has 0 aliphatic rings. The number of amides is 2. The highest BCUT2D eigenvalue weighted by atomic mass is 16.2. The lowest BCUT2D eigenvalue weighted by Gasteiger charge is -2.11. The molecule has 0 unspecified atom stereocenters. The van der Waals surface area contributed by atoms with Gasteiger partial charge < -0.3 is 10.6 Å². The maximum atomic E-state index is 11.7. The van der Waals surface area contributed by atoms with Gasteiger partial charge in [-0.3, -0.25) is 14.9 Å². The zero-order valence-corrected chi connectivity index (χ0v) is 11.0. The summed E-state index contributed by atoms with van der Waals surface area (Å²) in [7, 11) is 1.56. The standard InChI is InChI=1S/C13H19N3O2/c1-9-5-4-6-10(2)13(9)16-12(18)8-15-7-11(17)14-3/h4-6,15H,7-8H2,1-3H3,(H,14,17)(H,16,18). The molecule has 0 saturated heterocycles. The molecule has 0 spiro atoms. The Bertz CT molecular complexity index is 424. The summed E-state index contributed by atoms with van der Waals surface area (Å²) >= 11 is 0. The number of rotatable bonds is 5. The summed E-state index contributed by atoms with van der Waals surface area (Å²) in [4.78, 5) is 22.6. The second kappa shape index (κ2) is 6.76. The molecule has 0 aliphatic carbocycles. The summed E-state index contributed by atoms with van der Waals surface area (Å²) in [5.74, 6) is -0.300. The third-order valence-electron chi connectivity index (χ3n) is 2.60. The quantitative estimate of drug-likeness (QED) is 0.715. The molecule has 5 nitrogen and oxygen atoms in total. The Balaban J connectivity index is 2.47. The summed E-state index contributed by atoms with van der Waals surface area (Å²) in [5.41, 5.74) is 2.88. The van der Waals surface area contributed by atoms with E-state index < -0.39 is 0 Å². The number of benzene rings is 1. The lowest BCUT2D eigenvalue weighted by Crippen LogP contribution is -2.36. The van der Waals surface area contributed by atoms with Gasteiger partial charge in [0, 0.05) is 12.7 Å². The second-order valence-electron chi connectivity index (χ2n) is 4.09. The largest absolute Gasteiger partial charge is 0.358 e. The van der Waals surface area contributed by atoms with Crippen LogP contribution < -0.4 is 16.0 Å². The first-order chi connectivity index (χ1) is 8.54. The molecule has 0 heterocycles. The molecular formula is C13H19N3O2. The lowest BCUT2D eigenvalue weighted by molar-refractivity contribution is -0.119. The van der Waals surface area contributed by atoms with Crippen LogP contribution >= 0.6 is 0 Å². The maximum Gasteiger partial charge on any atom is 0.238 e. The smallest absolute Gasteiger partial charge is 0.238 e. The lowest BCUT2D eigenvalue weighted by atomic mass is 10.1. The van der Waals surface area contributed by atoms with Crippen LogP contribution in [0.25, 0.3) is 0 Å². The predicted octanol–water partition coefficient (Wildman–Crippen LogP) is 0.578. The van der Waals surface area contributed by atoms with Crippen molar-refractivity contribution in [3.05, 3.63) is 29.3 Å². The highest BCUT2D eigenvalue weighted by Gasteiger charge is 2.07. The third-order valence-corrected chi connectivity index (χ3v) is 2.60. The Labute approximate surface area is 107 Å². The van der Waals surface area contributed by atoms with Crippen molar-refractivity contribution >= 4 is 17.5 Å². The number of para-hydroxylation sites is 1. The van der Waals surface area contributed by atoms with E-state index in [9.17, 15) is 9.59 Å². The van der Waals surface area contributed by atoms with Crippen LogP contribution in [0, 0.1) is 13.8 Å². The van der Waals surface area contributed by atoms with E-state index in [1.165, 1.54) is 0 Å². The molecule has 1 aromatic carbocycles. The first-order valence-corrected chi connectivity index (χ1v) is 5.82. The molecular weight excluding hydrogens is 230 g/mol. The van der Waals surface area contributed by atoms with Crippen molar-refractivity contribution in [1.29, 1.82) is 0 Å². The average Bonchev–Trinajstić information content (AvgIpc) is 2.34. The summed E-state index contributed by atoms with van der Waals surface area (Å²) in [6.45, 7) is 4.14. The maximum absolute atomic E-state index is 11.7. The molecule has 18 heavy (non-hydrogen) atoms. The number of carbonyl (C=O) groups is 2. The number of aryl methyl sites for hydroxylation is 2. The van der Waals surface area contributed by atoms with Crippen molar-refractivity contribution in [2.24, 2.45) is 0 Å². The van der Waals surface area contributed by atoms with Gasteiger partial charge in [-0.25, -0.2) is 0 Å². The van der Waals surface area contributed by atoms with Crippen LogP contribution in [0.2, 0.25) is 0 Å². The minimum atomic E-state index is -0.156. The first kappa shape index (κ1) is 14.2. The SMILES string of the molecule is CNC(=O)CNCC(=O)Nc1c(C)cccc1C. The van der Waals surface area contributed by atoms with Crippen molar-refractivity contribution in [2.75, 3.05) is 25.5 Å².